The summed E-state index contributed by atoms with van der Waals surface area (Å²) in [5.74, 6) is 0.0621. The van der Waals surface area contributed by atoms with Gasteiger partial charge in [0.05, 0.1) is 11.1 Å². The van der Waals surface area contributed by atoms with Gasteiger partial charge >= 0.3 is 11.9 Å². The van der Waals surface area contributed by atoms with E-state index in [1.165, 1.54) is 0 Å². The zero-order chi connectivity index (χ0) is 21.8. The molecule has 0 aromatic heterocycles. The Hall–Kier alpha value is -2.20. The molecule has 0 saturated carbocycles. The Kier molecular flexibility index (Phi) is 7.30. The van der Waals surface area contributed by atoms with Crippen LogP contribution in [0.15, 0.2) is 45.5 Å². The van der Waals surface area contributed by atoms with Crippen molar-refractivity contribution >= 4 is 62.4 Å². The standard InChI is InChI=1S/C22H19BrINO5/c1-4-19(26)29-20-15(23)9-13(11-18(20)28-5-2)10-17-22(27)30-21(25-17)14-6-7-16(24)12(3)8-14/h6-11H,4-5H2,1-3H3/b17-10-. The minimum atomic E-state index is -0.531. The molecule has 0 amide bonds. The fraction of sp³-hybridized carbons (Fsp3) is 0.227. The van der Waals surface area contributed by atoms with Crippen molar-refractivity contribution in [1.29, 1.82) is 0 Å². The summed E-state index contributed by atoms with van der Waals surface area (Å²) in [6.45, 7) is 5.92. The number of aryl methyl sites for hydroxylation is 1. The normalized spacial score (nSPS) is 14.5. The van der Waals surface area contributed by atoms with Gasteiger partial charge in [-0.3, -0.25) is 4.79 Å². The molecule has 0 bridgehead atoms. The van der Waals surface area contributed by atoms with E-state index in [-0.39, 0.29) is 24.0 Å². The van der Waals surface area contributed by atoms with Gasteiger partial charge in [0.2, 0.25) is 5.90 Å². The van der Waals surface area contributed by atoms with Crippen LogP contribution < -0.4 is 9.47 Å². The second-order valence-corrected chi connectivity index (χ2v) is 8.41. The summed E-state index contributed by atoms with van der Waals surface area (Å²) in [6.07, 6.45) is 1.85. The molecule has 30 heavy (non-hydrogen) atoms. The monoisotopic (exact) mass is 583 g/mol. The van der Waals surface area contributed by atoms with Crippen molar-refractivity contribution in [1.82, 2.24) is 0 Å². The highest BCUT2D eigenvalue weighted by atomic mass is 127. The number of hydrogen-bond donors (Lipinski definition) is 0. The van der Waals surface area contributed by atoms with E-state index in [0.29, 0.717) is 28.1 Å². The first-order valence-corrected chi connectivity index (χ1v) is 11.2. The van der Waals surface area contributed by atoms with E-state index >= 15 is 0 Å². The molecule has 2 aromatic carbocycles. The lowest BCUT2D eigenvalue weighted by molar-refractivity contribution is -0.134. The smallest absolute Gasteiger partial charge is 0.363 e. The fourth-order valence-corrected chi connectivity index (χ4v) is 3.56. The van der Waals surface area contributed by atoms with Crippen molar-refractivity contribution in [2.45, 2.75) is 27.2 Å². The van der Waals surface area contributed by atoms with Crippen LogP contribution in [0.25, 0.3) is 6.08 Å². The number of nitrogens with zero attached hydrogens (tertiary/aromatic N) is 1. The number of rotatable bonds is 6. The lowest BCUT2D eigenvalue weighted by atomic mass is 10.1. The third-order valence-electron chi connectivity index (χ3n) is 4.17. The zero-order valence-electron chi connectivity index (χ0n) is 16.6. The third kappa shape index (κ3) is 5.10. The molecule has 0 fully saturated rings. The van der Waals surface area contributed by atoms with E-state index in [2.05, 4.69) is 43.5 Å². The highest BCUT2D eigenvalue weighted by Crippen LogP contribution is 2.38. The predicted molar refractivity (Wildman–Crippen MR) is 126 cm³/mol. The summed E-state index contributed by atoms with van der Waals surface area (Å²) in [6, 6.07) is 9.16. The number of ether oxygens (including phenoxy) is 3. The van der Waals surface area contributed by atoms with Crippen molar-refractivity contribution in [2.24, 2.45) is 4.99 Å². The molecule has 0 atom stereocenters. The Morgan fingerprint density at radius 3 is 2.70 bits per heavy atom. The number of cyclic esters (lactones) is 1. The number of benzene rings is 2. The Labute approximate surface area is 196 Å². The second kappa shape index (κ2) is 9.74. The number of halogens is 2. The molecule has 0 aliphatic carbocycles. The summed E-state index contributed by atoms with van der Waals surface area (Å²) in [7, 11) is 0. The van der Waals surface area contributed by atoms with Gasteiger partial charge in [0.15, 0.2) is 17.2 Å². The maximum Gasteiger partial charge on any atom is 0.363 e. The van der Waals surface area contributed by atoms with Gasteiger partial charge in [0.25, 0.3) is 0 Å². The molecule has 3 rings (SSSR count). The van der Waals surface area contributed by atoms with E-state index in [1.807, 2.05) is 32.0 Å². The quantitative estimate of drug-likeness (QED) is 0.196. The van der Waals surface area contributed by atoms with E-state index in [9.17, 15) is 9.59 Å². The van der Waals surface area contributed by atoms with Crippen molar-refractivity contribution < 1.29 is 23.8 Å². The van der Waals surface area contributed by atoms with E-state index in [0.717, 1.165) is 14.7 Å². The molecule has 6 nitrogen and oxygen atoms in total. The molecular weight excluding hydrogens is 565 g/mol. The summed E-state index contributed by atoms with van der Waals surface area (Å²) in [5, 5.41) is 0. The summed E-state index contributed by atoms with van der Waals surface area (Å²) in [4.78, 5) is 28.4. The molecule has 0 unspecified atom stereocenters. The molecule has 0 radical (unpaired) electrons. The van der Waals surface area contributed by atoms with Crippen LogP contribution in [0, 0.1) is 10.5 Å². The van der Waals surface area contributed by atoms with Crippen molar-refractivity contribution in [3.05, 3.63) is 60.8 Å². The number of aliphatic imine (C=N–C) groups is 1. The molecular formula is C22H19BrINO5. The molecule has 0 saturated heterocycles. The molecule has 1 aliphatic rings. The summed E-state index contributed by atoms with van der Waals surface area (Å²) in [5.41, 5.74) is 2.64. The van der Waals surface area contributed by atoms with Crippen LogP contribution in [0.5, 0.6) is 11.5 Å². The van der Waals surface area contributed by atoms with Crippen LogP contribution in [0.4, 0.5) is 0 Å². The molecule has 1 aliphatic heterocycles. The fourth-order valence-electron chi connectivity index (χ4n) is 2.69. The van der Waals surface area contributed by atoms with Crippen LogP contribution in [0.2, 0.25) is 0 Å². The molecule has 1 heterocycles. The number of carbonyl (C=O) groups is 2. The molecule has 0 spiro atoms. The SMILES string of the molecule is CCOc1cc(/C=C2\N=C(c3ccc(I)c(C)c3)OC2=O)cc(Br)c1OC(=O)CC. The average Bonchev–Trinajstić information content (AvgIpc) is 3.07. The van der Waals surface area contributed by atoms with E-state index in [1.54, 1.807) is 25.1 Å². The van der Waals surface area contributed by atoms with E-state index in [4.69, 9.17) is 14.2 Å². The Bertz CT molecular complexity index is 1080. The van der Waals surface area contributed by atoms with Crippen molar-refractivity contribution in [2.75, 3.05) is 6.61 Å². The van der Waals surface area contributed by atoms with Gasteiger partial charge in [-0.05, 0) is 99.9 Å². The number of esters is 2. The van der Waals surface area contributed by atoms with E-state index < -0.39 is 5.97 Å². The van der Waals surface area contributed by atoms with Gasteiger partial charge < -0.3 is 14.2 Å². The average molecular weight is 584 g/mol. The van der Waals surface area contributed by atoms with Gasteiger partial charge in [0.1, 0.15) is 0 Å². The van der Waals surface area contributed by atoms with Gasteiger partial charge in [-0.2, -0.15) is 0 Å². The van der Waals surface area contributed by atoms with Crippen LogP contribution in [0.3, 0.4) is 0 Å². The first kappa shape index (κ1) is 22.5. The zero-order valence-corrected chi connectivity index (χ0v) is 20.4. The highest BCUT2D eigenvalue weighted by molar-refractivity contribution is 14.1. The van der Waals surface area contributed by atoms with Crippen LogP contribution in [-0.4, -0.2) is 24.4 Å². The topological polar surface area (TPSA) is 74.2 Å². The van der Waals surface area contributed by atoms with Crippen LogP contribution in [-0.2, 0) is 14.3 Å². The first-order valence-electron chi connectivity index (χ1n) is 9.28. The second-order valence-electron chi connectivity index (χ2n) is 6.39. The van der Waals surface area contributed by atoms with Crippen LogP contribution >= 0.6 is 38.5 Å². The Morgan fingerprint density at radius 1 is 1.27 bits per heavy atom. The summed E-state index contributed by atoms with van der Waals surface area (Å²) < 4.78 is 18.0. The van der Waals surface area contributed by atoms with Crippen molar-refractivity contribution in [3.8, 4) is 11.5 Å². The predicted octanol–water partition coefficient (Wildman–Crippen LogP) is 5.42. The lowest BCUT2D eigenvalue weighted by Gasteiger charge is -2.13. The molecule has 0 N–H and O–H groups in total. The summed E-state index contributed by atoms with van der Waals surface area (Å²) >= 11 is 5.66. The Morgan fingerprint density at radius 2 is 2.03 bits per heavy atom. The minimum Gasteiger partial charge on any atom is -0.490 e. The third-order valence-corrected chi connectivity index (χ3v) is 5.96. The molecule has 2 aromatic rings. The van der Waals surface area contributed by atoms with Gasteiger partial charge in [-0.1, -0.05) is 6.92 Å². The number of hydrogen-bond acceptors (Lipinski definition) is 6. The van der Waals surface area contributed by atoms with Gasteiger partial charge in [-0.15, -0.1) is 0 Å². The largest absolute Gasteiger partial charge is 0.490 e. The van der Waals surface area contributed by atoms with Crippen molar-refractivity contribution in [3.63, 3.8) is 0 Å². The number of carbonyl (C=O) groups excluding carboxylic acids is 2. The highest BCUT2D eigenvalue weighted by Gasteiger charge is 2.25. The first-order chi connectivity index (χ1) is 14.3. The maximum absolute atomic E-state index is 12.3. The Balaban J connectivity index is 1.96. The molecule has 8 heteroatoms. The lowest BCUT2D eigenvalue weighted by Crippen LogP contribution is -2.08. The minimum absolute atomic E-state index is 0.175. The maximum atomic E-state index is 12.3. The van der Waals surface area contributed by atoms with Gasteiger partial charge in [-0.25, -0.2) is 9.79 Å². The van der Waals surface area contributed by atoms with Gasteiger partial charge in [0, 0.05) is 15.6 Å². The molecule has 156 valence electrons. The van der Waals surface area contributed by atoms with Crippen LogP contribution in [0.1, 0.15) is 37.0 Å².